The summed E-state index contributed by atoms with van der Waals surface area (Å²) in [7, 11) is 0. The number of hydrogen-bond donors (Lipinski definition) is 6. The molecule has 2 saturated heterocycles. The minimum atomic E-state index is -1.33. The molecule has 2 aromatic carbocycles. The van der Waals surface area contributed by atoms with Crippen LogP contribution in [0.2, 0.25) is 0 Å². The number of amides is 5. The molecule has 0 unspecified atom stereocenters. The van der Waals surface area contributed by atoms with Crippen molar-refractivity contribution in [2.45, 2.75) is 63.7 Å². The third-order valence-electron chi connectivity index (χ3n) is 10.0. The van der Waals surface area contributed by atoms with Crippen LogP contribution in [0, 0.1) is 5.92 Å². The summed E-state index contributed by atoms with van der Waals surface area (Å²) in [4.78, 5) is 80.5. The van der Waals surface area contributed by atoms with E-state index in [1.807, 2.05) is 48.7 Å². The van der Waals surface area contributed by atoms with Crippen molar-refractivity contribution >= 4 is 52.0 Å². The topological polar surface area (TPSA) is 214 Å². The summed E-state index contributed by atoms with van der Waals surface area (Å²) in [5.41, 5.74) is 3.16. The smallest absolute Gasteiger partial charge is 0.405 e. The van der Waals surface area contributed by atoms with Crippen LogP contribution < -0.4 is 16.0 Å². The third-order valence-corrected chi connectivity index (χ3v) is 11.1. The molecule has 0 spiro atoms. The molecule has 17 heteroatoms. The van der Waals surface area contributed by atoms with E-state index in [9.17, 15) is 34.2 Å². The number of anilines is 1. The molecule has 2 aliphatic rings. The molecule has 0 radical (unpaired) electrons. The number of H-pyrrole nitrogens is 1. The number of likely N-dealkylation sites (tertiary alicyclic amines) is 2. The van der Waals surface area contributed by atoms with Gasteiger partial charge >= 0.3 is 12.2 Å². The van der Waals surface area contributed by atoms with E-state index in [1.165, 1.54) is 16.2 Å². The lowest BCUT2D eigenvalue weighted by Gasteiger charge is -2.29. The van der Waals surface area contributed by atoms with Crippen molar-refractivity contribution in [1.29, 1.82) is 0 Å². The molecule has 2 aliphatic heterocycles. The monoisotopic (exact) mass is 767 g/mol. The number of carbonyl (C=O) groups is 5. The Balaban J connectivity index is 0.997. The molecule has 3 aromatic heterocycles. The maximum absolute atomic E-state index is 13.5. The lowest BCUT2D eigenvalue weighted by Crippen LogP contribution is -2.50. The van der Waals surface area contributed by atoms with E-state index in [-0.39, 0.29) is 17.9 Å². The standard InChI is InChI=1S/C38H41N9O7S/c1-21(2)30(43-37(51)52)34(49)46-16-6-10-26(46)32-39-18-25(40-32)22-12-14-23(15-13-22)28-19-45-20-29(42-36(45)55-28)41-33(48)27-11-7-17-47(27)35(50)31(44-38(53)54)24-8-4-3-5-9-24/h3-5,8-9,12-15,18-21,26-27,30-31,43-44H,6-7,10-11,16-17H2,1-2H3,(H,39,40)(H,41,48)(H,51,52)(H,53,54)/t26-,27-,30-,31+/m0/s1. The molecule has 7 rings (SSSR count). The second kappa shape index (κ2) is 15.6. The van der Waals surface area contributed by atoms with Gasteiger partial charge in [-0.15, -0.1) is 0 Å². The molecule has 6 N–H and O–H groups in total. The first-order valence-electron chi connectivity index (χ1n) is 18.1. The van der Waals surface area contributed by atoms with Crippen LogP contribution in [0.15, 0.2) is 73.2 Å². The van der Waals surface area contributed by atoms with Crippen molar-refractivity contribution in [3.05, 3.63) is 84.6 Å². The fraction of sp³-hybridized carbons (Fsp3) is 0.342. The van der Waals surface area contributed by atoms with Gasteiger partial charge in [-0.25, -0.2) is 19.6 Å². The molecule has 5 heterocycles. The van der Waals surface area contributed by atoms with Crippen LogP contribution in [-0.4, -0.2) is 94.4 Å². The van der Waals surface area contributed by atoms with Crippen molar-refractivity contribution in [3.63, 3.8) is 0 Å². The second-order valence-electron chi connectivity index (χ2n) is 14.0. The van der Waals surface area contributed by atoms with Gasteiger partial charge in [-0.05, 0) is 48.3 Å². The molecule has 5 amide bonds. The summed E-state index contributed by atoms with van der Waals surface area (Å²) in [5.74, 6) is -0.335. The summed E-state index contributed by atoms with van der Waals surface area (Å²) in [5, 5.41) is 26.2. The minimum Gasteiger partial charge on any atom is -0.465 e. The fourth-order valence-corrected chi connectivity index (χ4v) is 8.30. The summed E-state index contributed by atoms with van der Waals surface area (Å²) in [6, 6.07) is 13.5. The zero-order chi connectivity index (χ0) is 38.8. The Morgan fingerprint density at radius 2 is 1.55 bits per heavy atom. The Kier molecular flexibility index (Phi) is 10.5. The first-order valence-corrected chi connectivity index (χ1v) is 18.9. The summed E-state index contributed by atoms with van der Waals surface area (Å²) >= 11 is 1.45. The first-order chi connectivity index (χ1) is 26.5. The number of rotatable bonds is 11. The van der Waals surface area contributed by atoms with Crippen LogP contribution >= 0.6 is 11.3 Å². The number of aromatic amines is 1. The van der Waals surface area contributed by atoms with Gasteiger partial charge in [0.25, 0.3) is 5.91 Å². The van der Waals surface area contributed by atoms with Crippen molar-refractivity contribution in [1.82, 2.24) is 39.8 Å². The van der Waals surface area contributed by atoms with Crippen LogP contribution in [0.3, 0.4) is 0 Å². The average Bonchev–Trinajstić information content (AvgIpc) is 4.01. The van der Waals surface area contributed by atoms with Crippen molar-refractivity contribution in [2.24, 2.45) is 5.92 Å². The number of benzene rings is 2. The lowest BCUT2D eigenvalue weighted by atomic mass is 10.0. The normalized spacial score (nSPS) is 18.0. The molecule has 5 aromatic rings. The van der Waals surface area contributed by atoms with Gasteiger partial charge in [-0.1, -0.05) is 79.8 Å². The number of fused-ring (bicyclic) bond motifs is 1. The molecule has 0 bridgehead atoms. The number of nitrogens with zero attached hydrogens (tertiary/aromatic N) is 5. The van der Waals surface area contributed by atoms with Gasteiger partial charge in [-0.2, -0.15) is 0 Å². The average molecular weight is 768 g/mol. The Hall–Kier alpha value is -6.23. The molecule has 286 valence electrons. The van der Waals surface area contributed by atoms with Gasteiger partial charge in [0.15, 0.2) is 10.8 Å². The summed E-state index contributed by atoms with van der Waals surface area (Å²) in [6.45, 7) is 4.49. The Morgan fingerprint density at radius 3 is 2.24 bits per heavy atom. The SMILES string of the molecule is CC(C)[C@H](NC(=O)O)C(=O)N1CCC[C@H]1c1ncc(-c2ccc(-c3cn4cc(NC(=O)[C@@H]5CCCN5C(=O)[C@H](NC(=O)O)c5ccccc5)nc4s3)cc2)[nH]1. The van der Waals surface area contributed by atoms with Crippen LogP contribution in [0.5, 0.6) is 0 Å². The van der Waals surface area contributed by atoms with Crippen molar-refractivity contribution in [2.75, 3.05) is 18.4 Å². The van der Waals surface area contributed by atoms with Crippen LogP contribution in [0.1, 0.15) is 63.0 Å². The molecule has 55 heavy (non-hydrogen) atoms. The lowest BCUT2D eigenvalue weighted by molar-refractivity contribution is -0.138. The molecular formula is C38H41N9O7S. The van der Waals surface area contributed by atoms with E-state index in [2.05, 4.69) is 30.9 Å². The van der Waals surface area contributed by atoms with Crippen LogP contribution in [-0.2, 0) is 14.4 Å². The number of nitrogens with one attached hydrogen (secondary N) is 4. The number of carboxylic acid groups (broad SMARTS) is 2. The maximum Gasteiger partial charge on any atom is 0.405 e. The maximum atomic E-state index is 13.5. The fourth-order valence-electron chi connectivity index (χ4n) is 7.33. The van der Waals surface area contributed by atoms with E-state index >= 15 is 0 Å². The molecule has 4 atom stereocenters. The van der Waals surface area contributed by atoms with Gasteiger partial charge in [0.05, 0.1) is 29.0 Å². The molecule has 16 nitrogen and oxygen atoms in total. The summed E-state index contributed by atoms with van der Waals surface area (Å²) in [6.07, 6.45) is 5.38. The predicted molar refractivity (Wildman–Crippen MR) is 203 cm³/mol. The van der Waals surface area contributed by atoms with Gasteiger partial charge < -0.3 is 40.9 Å². The zero-order valence-corrected chi connectivity index (χ0v) is 31.0. The molecule has 2 fully saturated rings. The van der Waals surface area contributed by atoms with Gasteiger partial charge in [0.1, 0.15) is 23.9 Å². The molecular weight excluding hydrogens is 727 g/mol. The van der Waals surface area contributed by atoms with Crippen molar-refractivity contribution < 1.29 is 34.2 Å². The largest absolute Gasteiger partial charge is 0.465 e. The number of hydrogen-bond acceptors (Lipinski definition) is 8. The third kappa shape index (κ3) is 7.87. The quantitative estimate of drug-likeness (QED) is 0.102. The van der Waals surface area contributed by atoms with Gasteiger partial charge in [-0.3, -0.25) is 18.8 Å². The highest BCUT2D eigenvalue weighted by Crippen LogP contribution is 2.34. The van der Waals surface area contributed by atoms with E-state index in [0.29, 0.717) is 48.1 Å². The molecule has 0 saturated carbocycles. The zero-order valence-electron chi connectivity index (χ0n) is 30.1. The Morgan fingerprint density at radius 1 is 0.855 bits per heavy atom. The van der Waals surface area contributed by atoms with E-state index in [4.69, 9.17) is 0 Å². The molecule has 0 aliphatic carbocycles. The highest BCUT2D eigenvalue weighted by Gasteiger charge is 2.39. The number of carbonyl (C=O) groups excluding carboxylic acids is 3. The predicted octanol–water partition coefficient (Wildman–Crippen LogP) is 5.35. The van der Waals surface area contributed by atoms with E-state index < -0.39 is 42.1 Å². The second-order valence-corrected chi connectivity index (χ2v) is 15.0. The number of thiazole rings is 1. The number of aromatic nitrogens is 4. The Bertz CT molecular complexity index is 2180. The van der Waals surface area contributed by atoms with E-state index in [1.54, 1.807) is 47.6 Å². The first kappa shape index (κ1) is 37.1. The number of imidazole rings is 2. The minimum absolute atomic E-state index is 0.205. The van der Waals surface area contributed by atoms with Crippen LogP contribution in [0.4, 0.5) is 15.4 Å². The highest BCUT2D eigenvalue weighted by molar-refractivity contribution is 7.20. The highest BCUT2D eigenvalue weighted by atomic mass is 32.1. The Labute approximate surface area is 319 Å². The van der Waals surface area contributed by atoms with Gasteiger partial charge in [0, 0.05) is 19.3 Å². The summed E-state index contributed by atoms with van der Waals surface area (Å²) < 4.78 is 1.83. The van der Waals surface area contributed by atoms with E-state index in [0.717, 1.165) is 34.5 Å². The van der Waals surface area contributed by atoms with Crippen LogP contribution in [0.25, 0.3) is 26.7 Å². The van der Waals surface area contributed by atoms with Crippen molar-refractivity contribution in [3.8, 4) is 21.7 Å². The van der Waals surface area contributed by atoms with Gasteiger partial charge in [0.2, 0.25) is 11.8 Å².